The van der Waals surface area contributed by atoms with Crippen LogP contribution in [0.25, 0.3) is 0 Å². The molecule has 1 unspecified atom stereocenters. The lowest BCUT2D eigenvalue weighted by Crippen LogP contribution is -2.47. The molecule has 2 aliphatic rings. The highest BCUT2D eigenvalue weighted by molar-refractivity contribution is 7.99. The second kappa shape index (κ2) is 5.07. The van der Waals surface area contributed by atoms with Crippen LogP contribution in [0.4, 0.5) is 0 Å². The number of aliphatic hydroxyl groups is 1. The first-order chi connectivity index (χ1) is 7.26. The fourth-order valence-corrected chi connectivity index (χ4v) is 4.00. The van der Waals surface area contributed by atoms with Gasteiger partial charge in [-0.2, -0.15) is 11.8 Å². The standard InChI is InChI=1S/C12H23NOS/c1-11-8-15-7-6-13(11)9-12(10-14)4-2-3-5-12/h11,14H,2-10H2,1H3. The highest BCUT2D eigenvalue weighted by atomic mass is 32.2. The largest absolute Gasteiger partial charge is 0.396 e. The van der Waals surface area contributed by atoms with Crippen molar-refractivity contribution in [2.45, 2.75) is 38.6 Å². The first-order valence-corrected chi connectivity index (χ1v) is 7.34. The van der Waals surface area contributed by atoms with E-state index in [1.54, 1.807) is 0 Å². The van der Waals surface area contributed by atoms with Crippen LogP contribution in [0.5, 0.6) is 0 Å². The molecule has 1 saturated carbocycles. The molecule has 1 aliphatic heterocycles. The minimum absolute atomic E-state index is 0.246. The Hall–Kier alpha value is 0.270. The molecular weight excluding hydrogens is 206 g/mol. The van der Waals surface area contributed by atoms with Crippen LogP contribution in [-0.4, -0.2) is 47.3 Å². The summed E-state index contributed by atoms with van der Waals surface area (Å²) < 4.78 is 0. The average Bonchev–Trinajstić information content (AvgIpc) is 2.71. The van der Waals surface area contributed by atoms with Crippen molar-refractivity contribution in [3.63, 3.8) is 0 Å². The Morgan fingerprint density at radius 3 is 2.73 bits per heavy atom. The zero-order valence-corrected chi connectivity index (χ0v) is 10.6. The highest BCUT2D eigenvalue weighted by Gasteiger charge is 2.36. The number of rotatable bonds is 3. The molecule has 0 aromatic heterocycles. The lowest BCUT2D eigenvalue weighted by molar-refractivity contribution is 0.0672. The Kier molecular flexibility index (Phi) is 3.97. The van der Waals surface area contributed by atoms with Gasteiger partial charge in [-0.1, -0.05) is 12.8 Å². The molecule has 2 rings (SSSR count). The van der Waals surface area contributed by atoms with Crippen molar-refractivity contribution in [2.75, 3.05) is 31.2 Å². The second-order valence-electron chi connectivity index (χ2n) is 5.26. The van der Waals surface area contributed by atoms with Crippen molar-refractivity contribution in [2.24, 2.45) is 5.41 Å². The molecule has 1 atom stereocenters. The van der Waals surface area contributed by atoms with Crippen molar-refractivity contribution in [3.8, 4) is 0 Å². The predicted molar refractivity (Wildman–Crippen MR) is 66.3 cm³/mol. The van der Waals surface area contributed by atoms with E-state index in [1.165, 1.54) is 43.7 Å². The Bertz CT molecular complexity index is 204. The van der Waals surface area contributed by atoms with E-state index in [0.29, 0.717) is 12.6 Å². The van der Waals surface area contributed by atoms with E-state index in [4.69, 9.17) is 0 Å². The van der Waals surface area contributed by atoms with E-state index < -0.39 is 0 Å². The molecule has 2 fully saturated rings. The molecule has 88 valence electrons. The number of aliphatic hydroxyl groups excluding tert-OH is 1. The van der Waals surface area contributed by atoms with Crippen molar-refractivity contribution in [1.29, 1.82) is 0 Å². The van der Waals surface area contributed by atoms with Crippen molar-refractivity contribution < 1.29 is 5.11 Å². The summed E-state index contributed by atoms with van der Waals surface area (Å²) in [5, 5.41) is 9.60. The zero-order chi connectivity index (χ0) is 10.7. The Morgan fingerprint density at radius 1 is 1.40 bits per heavy atom. The molecule has 1 aliphatic carbocycles. The van der Waals surface area contributed by atoms with Gasteiger partial charge in [-0.15, -0.1) is 0 Å². The third kappa shape index (κ3) is 2.69. The Labute approximate surface area is 97.4 Å². The molecule has 0 radical (unpaired) electrons. The number of hydrogen-bond donors (Lipinski definition) is 1. The average molecular weight is 229 g/mol. The van der Waals surface area contributed by atoms with Gasteiger partial charge in [0, 0.05) is 42.7 Å². The predicted octanol–water partition coefficient (Wildman–Crippen LogP) is 1.98. The van der Waals surface area contributed by atoms with E-state index in [1.807, 2.05) is 0 Å². The third-order valence-electron chi connectivity index (χ3n) is 4.04. The molecule has 0 amide bonds. The van der Waals surface area contributed by atoms with Gasteiger partial charge in [0.25, 0.3) is 0 Å². The molecule has 1 N–H and O–H groups in total. The lowest BCUT2D eigenvalue weighted by atomic mass is 9.86. The van der Waals surface area contributed by atoms with Crippen LogP contribution in [0, 0.1) is 5.41 Å². The van der Waals surface area contributed by atoms with Gasteiger partial charge in [0.1, 0.15) is 0 Å². The van der Waals surface area contributed by atoms with Gasteiger partial charge >= 0.3 is 0 Å². The van der Waals surface area contributed by atoms with Gasteiger partial charge in [-0.05, 0) is 19.8 Å². The Morgan fingerprint density at radius 2 is 2.13 bits per heavy atom. The summed E-state index contributed by atoms with van der Waals surface area (Å²) in [6, 6.07) is 0.702. The summed E-state index contributed by atoms with van der Waals surface area (Å²) in [5.41, 5.74) is 0.246. The van der Waals surface area contributed by atoms with E-state index in [2.05, 4.69) is 23.6 Å². The summed E-state index contributed by atoms with van der Waals surface area (Å²) in [6.45, 7) is 5.06. The van der Waals surface area contributed by atoms with Crippen LogP contribution in [0.3, 0.4) is 0 Å². The molecule has 0 aromatic rings. The van der Waals surface area contributed by atoms with Crippen LogP contribution in [-0.2, 0) is 0 Å². The molecule has 0 bridgehead atoms. The van der Waals surface area contributed by atoms with E-state index in [9.17, 15) is 5.11 Å². The van der Waals surface area contributed by atoms with Crippen LogP contribution < -0.4 is 0 Å². The third-order valence-corrected chi connectivity index (χ3v) is 5.23. The maximum absolute atomic E-state index is 9.60. The number of hydrogen-bond acceptors (Lipinski definition) is 3. The molecule has 2 nitrogen and oxygen atoms in total. The molecule has 0 spiro atoms. The van der Waals surface area contributed by atoms with Crippen LogP contribution >= 0.6 is 11.8 Å². The fraction of sp³-hybridized carbons (Fsp3) is 1.00. The Balaban J connectivity index is 1.93. The molecule has 1 saturated heterocycles. The normalized spacial score (nSPS) is 32.0. The topological polar surface area (TPSA) is 23.5 Å². The van der Waals surface area contributed by atoms with Gasteiger partial charge in [0.15, 0.2) is 0 Å². The SMILES string of the molecule is CC1CSCCN1CC1(CO)CCCC1. The number of nitrogens with zero attached hydrogens (tertiary/aromatic N) is 1. The van der Waals surface area contributed by atoms with Gasteiger partial charge in [-0.25, -0.2) is 0 Å². The highest BCUT2D eigenvalue weighted by Crippen LogP contribution is 2.39. The maximum Gasteiger partial charge on any atom is 0.0499 e. The number of thioether (sulfide) groups is 1. The van der Waals surface area contributed by atoms with Crippen LogP contribution in [0.15, 0.2) is 0 Å². The van der Waals surface area contributed by atoms with Gasteiger partial charge in [0.2, 0.25) is 0 Å². The first kappa shape index (κ1) is 11.7. The lowest BCUT2D eigenvalue weighted by Gasteiger charge is -2.39. The van der Waals surface area contributed by atoms with Gasteiger partial charge in [0.05, 0.1) is 0 Å². The van der Waals surface area contributed by atoms with E-state index in [0.717, 1.165) is 6.54 Å². The maximum atomic E-state index is 9.60. The summed E-state index contributed by atoms with van der Waals surface area (Å²) in [7, 11) is 0. The van der Waals surface area contributed by atoms with Gasteiger partial charge < -0.3 is 5.11 Å². The van der Waals surface area contributed by atoms with Gasteiger partial charge in [-0.3, -0.25) is 4.90 Å². The van der Waals surface area contributed by atoms with Crippen molar-refractivity contribution in [1.82, 2.24) is 4.90 Å². The summed E-state index contributed by atoms with van der Waals surface area (Å²) >= 11 is 2.07. The molecule has 3 heteroatoms. The molecular formula is C12H23NOS. The first-order valence-electron chi connectivity index (χ1n) is 6.18. The quantitative estimate of drug-likeness (QED) is 0.800. The molecule has 1 heterocycles. The van der Waals surface area contributed by atoms with E-state index >= 15 is 0 Å². The molecule has 15 heavy (non-hydrogen) atoms. The van der Waals surface area contributed by atoms with Crippen LogP contribution in [0.2, 0.25) is 0 Å². The minimum Gasteiger partial charge on any atom is -0.396 e. The van der Waals surface area contributed by atoms with E-state index in [-0.39, 0.29) is 5.41 Å². The smallest absolute Gasteiger partial charge is 0.0499 e. The zero-order valence-electron chi connectivity index (χ0n) is 9.74. The summed E-state index contributed by atoms with van der Waals surface area (Å²) in [5.74, 6) is 2.54. The minimum atomic E-state index is 0.246. The van der Waals surface area contributed by atoms with Crippen molar-refractivity contribution in [3.05, 3.63) is 0 Å². The monoisotopic (exact) mass is 229 g/mol. The summed E-state index contributed by atoms with van der Waals surface area (Å²) in [4.78, 5) is 2.60. The second-order valence-corrected chi connectivity index (χ2v) is 6.41. The summed E-state index contributed by atoms with van der Waals surface area (Å²) in [6.07, 6.45) is 5.11. The fourth-order valence-electron chi connectivity index (χ4n) is 2.92. The molecule has 0 aromatic carbocycles. The van der Waals surface area contributed by atoms with Crippen LogP contribution in [0.1, 0.15) is 32.6 Å². The van der Waals surface area contributed by atoms with Crippen molar-refractivity contribution >= 4 is 11.8 Å².